The number of carbonyl (C=O) groups is 1. The Labute approximate surface area is 159 Å². The molecule has 27 heavy (non-hydrogen) atoms. The number of piperazine rings is 1. The smallest absolute Gasteiger partial charge is 0.257 e. The van der Waals surface area contributed by atoms with Crippen molar-refractivity contribution < 1.29 is 4.79 Å². The van der Waals surface area contributed by atoms with Crippen LogP contribution in [-0.2, 0) is 0 Å². The van der Waals surface area contributed by atoms with E-state index < -0.39 is 0 Å². The maximum atomic E-state index is 13.2. The Morgan fingerprint density at radius 1 is 0.926 bits per heavy atom. The quantitative estimate of drug-likeness (QED) is 0.720. The Bertz CT molecular complexity index is 928. The molecule has 1 fully saturated rings. The van der Waals surface area contributed by atoms with Gasteiger partial charge in [0.2, 0.25) is 0 Å². The van der Waals surface area contributed by atoms with Crippen LogP contribution in [0, 0.1) is 13.8 Å². The maximum Gasteiger partial charge on any atom is 0.257 e. The molecule has 0 saturated carbocycles. The molecule has 0 atom stereocenters. The summed E-state index contributed by atoms with van der Waals surface area (Å²) in [6.45, 7) is 6.81. The summed E-state index contributed by atoms with van der Waals surface area (Å²) in [5.41, 5.74) is 3.34. The molecule has 0 aliphatic carbocycles. The van der Waals surface area contributed by atoms with E-state index in [0.29, 0.717) is 18.7 Å². The number of amides is 1. The molecule has 1 aromatic carbocycles. The summed E-state index contributed by atoms with van der Waals surface area (Å²) in [7, 11) is 0. The van der Waals surface area contributed by atoms with Gasteiger partial charge in [0.05, 0.1) is 22.6 Å². The minimum atomic E-state index is 0.0628. The van der Waals surface area contributed by atoms with E-state index in [-0.39, 0.29) is 5.91 Å². The fraction of sp³-hybridized carbons (Fsp3) is 0.286. The third kappa shape index (κ3) is 3.30. The highest BCUT2D eigenvalue weighted by Gasteiger charge is 2.27. The van der Waals surface area contributed by atoms with Gasteiger partial charge in [-0.25, -0.2) is 9.67 Å². The summed E-state index contributed by atoms with van der Waals surface area (Å²) in [6.07, 6.45) is 1.80. The molecule has 0 spiro atoms. The van der Waals surface area contributed by atoms with Crippen LogP contribution in [0.2, 0.25) is 0 Å². The second-order valence-corrected chi connectivity index (χ2v) is 6.76. The van der Waals surface area contributed by atoms with Gasteiger partial charge < -0.3 is 9.80 Å². The summed E-state index contributed by atoms with van der Waals surface area (Å²) in [4.78, 5) is 21.7. The standard InChI is InChI=1S/C21H23N5O/c1-16-20(17(2)26(23-16)18-8-4-3-5-9-18)21(27)25-14-12-24(13-15-25)19-10-6-7-11-22-19/h3-11H,12-15H2,1-2H3. The van der Waals surface area contributed by atoms with E-state index in [1.54, 1.807) is 6.20 Å². The first kappa shape index (κ1) is 17.3. The van der Waals surface area contributed by atoms with Crippen molar-refractivity contribution in [3.63, 3.8) is 0 Å². The minimum absolute atomic E-state index is 0.0628. The number of benzene rings is 1. The summed E-state index contributed by atoms with van der Waals surface area (Å²) >= 11 is 0. The first-order valence-corrected chi connectivity index (χ1v) is 9.22. The van der Waals surface area contributed by atoms with Gasteiger partial charge in [-0.1, -0.05) is 24.3 Å². The number of aryl methyl sites for hydroxylation is 1. The van der Waals surface area contributed by atoms with Crippen LogP contribution in [0.4, 0.5) is 5.82 Å². The number of rotatable bonds is 3. The molecule has 138 valence electrons. The van der Waals surface area contributed by atoms with Crippen LogP contribution in [-0.4, -0.2) is 51.8 Å². The predicted octanol–water partition coefficient (Wildman–Crippen LogP) is 2.85. The van der Waals surface area contributed by atoms with Crippen LogP contribution in [0.3, 0.4) is 0 Å². The van der Waals surface area contributed by atoms with Crippen LogP contribution >= 0.6 is 0 Å². The highest BCUT2D eigenvalue weighted by molar-refractivity contribution is 5.96. The topological polar surface area (TPSA) is 54.3 Å². The summed E-state index contributed by atoms with van der Waals surface area (Å²) < 4.78 is 1.85. The van der Waals surface area contributed by atoms with Gasteiger partial charge in [0.1, 0.15) is 5.82 Å². The molecule has 1 aliphatic rings. The van der Waals surface area contributed by atoms with Gasteiger partial charge >= 0.3 is 0 Å². The molecule has 0 unspecified atom stereocenters. The zero-order valence-electron chi connectivity index (χ0n) is 15.7. The molecule has 3 heterocycles. The number of hydrogen-bond donors (Lipinski definition) is 0. The van der Waals surface area contributed by atoms with Crippen LogP contribution in [0.15, 0.2) is 54.7 Å². The molecule has 3 aromatic rings. The van der Waals surface area contributed by atoms with E-state index in [0.717, 1.165) is 36.0 Å². The van der Waals surface area contributed by atoms with E-state index in [1.807, 2.05) is 72.0 Å². The number of nitrogens with zero attached hydrogens (tertiary/aromatic N) is 5. The molecule has 6 nitrogen and oxygen atoms in total. The third-order valence-electron chi connectivity index (χ3n) is 5.05. The van der Waals surface area contributed by atoms with Crippen LogP contribution < -0.4 is 4.90 Å². The normalized spacial score (nSPS) is 14.4. The maximum absolute atomic E-state index is 13.2. The number of carbonyl (C=O) groups excluding carboxylic acids is 1. The number of para-hydroxylation sites is 1. The van der Waals surface area contributed by atoms with Gasteiger partial charge in [-0.2, -0.15) is 5.10 Å². The highest BCUT2D eigenvalue weighted by Crippen LogP contribution is 2.21. The molecule has 1 saturated heterocycles. The predicted molar refractivity (Wildman–Crippen MR) is 105 cm³/mol. The van der Waals surface area contributed by atoms with Gasteiger partial charge in [-0.15, -0.1) is 0 Å². The van der Waals surface area contributed by atoms with Gasteiger partial charge in [0.25, 0.3) is 5.91 Å². The van der Waals surface area contributed by atoms with Gasteiger partial charge in [-0.05, 0) is 38.1 Å². The monoisotopic (exact) mass is 361 g/mol. The van der Waals surface area contributed by atoms with Crippen LogP contribution in [0.5, 0.6) is 0 Å². The molecule has 1 aliphatic heterocycles. The van der Waals surface area contributed by atoms with E-state index in [9.17, 15) is 4.79 Å². The number of hydrogen-bond acceptors (Lipinski definition) is 4. The second-order valence-electron chi connectivity index (χ2n) is 6.76. The summed E-state index contributed by atoms with van der Waals surface area (Å²) in [6, 6.07) is 15.8. The second kappa shape index (κ2) is 7.23. The van der Waals surface area contributed by atoms with E-state index in [4.69, 9.17) is 0 Å². The van der Waals surface area contributed by atoms with Crippen molar-refractivity contribution in [2.75, 3.05) is 31.1 Å². The lowest BCUT2D eigenvalue weighted by atomic mass is 10.1. The Kier molecular flexibility index (Phi) is 4.62. The lowest BCUT2D eigenvalue weighted by Crippen LogP contribution is -2.49. The Balaban J connectivity index is 1.52. The van der Waals surface area contributed by atoms with Gasteiger partial charge in [-0.3, -0.25) is 4.79 Å². The number of pyridine rings is 1. The summed E-state index contributed by atoms with van der Waals surface area (Å²) in [5, 5.41) is 4.61. The average Bonchev–Trinajstić information content (AvgIpc) is 3.03. The largest absolute Gasteiger partial charge is 0.353 e. The van der Waals surface area contributed by atoms with E-state index in [2.05, 4.69) is 15.0 Å². The Morgan fingerprint density at radius 2 is 1.63 bits per heavy atom. The van der Waals surface area contributed by atoms with Crippen molar-refractivity contribution in [2.45, 2.75) is 13.8 Å². The minimum Gasteiger partial charge on any atom is -0.353 e. The Morgan fingerprint density at radius 3 is 2.30 bits per heavy atom. The molecule has 1 amide bonds. The van der Waals surface area contributed by atoms with Crippen molar-refractivity contribution in [2.24, 2.45) is 0 Å². The summed E-state index contributed by atoms with van der Waals surface area (Å²) in [5.74, 6) is 1.03. The van der Waals surface area contributed by atoms with Crippen LogP contribution in [0.1, 0.15) is 21.7 Å². The van der Waals surface area contributed by atoms with E-state index in [1.165, 1.54) is 0 Å². The fourth-order valence-corrected chi connectivity index (χ4v) is 3.61. The van der Waals surface area contributed by atoms with Crippen molar-refractivity contribution >= 4 is 11.7 Å². The zero-order chi connectivity index (χ0) is 18.8. The third-order valence-corrected chi connectivity index (χ3v) is 5.05. The number of aromatic nitrogens is 3. The molecule has 4 rings (SSSR count). The van der Waals surface area contributed by atoms with Crippen molar-refractivity contribution in [1.29, 1.82) is 0 Å². The Hall–Kier alpha value is -3.15. The molecule has 0 radical (unpaired) electrons. The van der Waals surface area contributed by atoms with Crippen LogP contribution in [0.25, 0.3) is 5.69 Å². The van der Waals surface area contributed by atoms with E-state index >= 15 is 0 Å². The first-order chi connectivity index (χ1) is 13.1. The van der Waals surface area contributed by atoms with Crippen molar-refractivity contribution in [3.8, 4) is 5.69 Å². The van der Waals surface area contributed by atoms with Crippen molar-refractivity contribution in [1.82, 2.24) is 19.7 Å². The molecular weight excluding hydrogens is 338 g/mol. The lowest BCUT2D eigenvalue weighted by Gasteiger charge is -2.35. The van der Waals surface area contributed by atoms with Crippen molar-refractivity contribution in [3.05, 3.63) is 71.7 Å². The molecule has 2 aromatic heterocycles. The van der Waals surface area contributed by atoms with Gasteiger partial charge in [0, 0.05) is 32.4 Å². The first-order valence-electron chi connectivity index (χ1n) is 9.22. The highest BCUT2D eigenvalue weighted by atomic mass is 16.2. The molecule has 0 bridgehead atoms. The molecular formula is C21H23N5O. The zero-order valence-corrected chi connectivity index (χ0v) is 15.7. The average molecular weight is 361 g/mol. The molecule has 6 heteroatoms. The van der Waals surface area contributed by atoms with Gasteiger partial charge in [0.15, 0.2) is 0 Å². The SMILES string of the molecule is Cc1nn(-c2ccccc2)c(C)c1C(=O)N1CCN(c2ccccn2)CC1. The fourth-order valence-electron chi connectivity index (χ4n) is 3.61. The molecule has 0 N–H and O–H groups in total. The number of anilines is 1. The lowest BCUT2D eigenvalue weighted by molar-refractivity contribution is 0.0745.